The van der Waals surface area contributed by atoms with Gasteiger partial charge in [-0.05, 0) is 74.0 Å². The maximum atomic E-state index is 13.9. The summed E-state index contributed by atoms with van der Waals surface area (Å²) in [6, 6.07) is 4.60. The molecule has 3 atom stereocenters. The van der Waals surface area contributed by atoms with Crippen LogP contribution < -0.4 is 0 Å². The van der Waals surface area contributed by atoms with Crippen LogP contribution in [0.25, 0.3) is 11.0 Å². The second-order valence-corrected chi connectivity index (χ2v) is 11.9. The summed E-state index contributed by atoms with van der Waals surface area (Å²) < 4.78 is 13.2. The Labute approximate surface area is 223 Å². The fourth-order valence-corrected chi connectivity index (χ4v) is 7.38. The Hall–Kier alpha value is -2.77. The number of amides is 1. The van der Waals surface area contributed by atoms with Gasteiger partial charge in [0.15, 0.2) is 5.78 Å². The summed E-state index contributed by atoms with van der Waals surface area (Å²) in [4.78, 5) is 48.3. The van der Waals surface area contributed by atoms with Crippen LogP contribution in [0.2, 0.25) is 0 Å². The van der Waals surface area contributed by atoms with E-state index in [1.165, 1.54) is 25.3 Å². The average molecular weight is 526 g/mol. The third kappa shape index (κ3) is 5.50. The molecule has 3 aliphatic rings. The highest BCUT2D eigenvalue weighted by Gasteiger charge is 2.46. The lowest BCUT2D eigenvalue weighted by atomic mass is 9.74. The Kier molecular flexibility index (Phi) is 8.15. The molecule has 0 radical (unpaired) electrons. The molecule has 0 aromatic carbocycles. The van der Waals surface area contributed by atoms with E-state index in [1.807, 2.05) is 11.8 Å². The van der Waals surface area contributed by atoms with Gasteiger partial charge in [-0.3, -0.25) is 19.0 Å². The number of aromatic amines is 1. The van der Waals surface area contributed by atoms with Gasteiger partial charge in [-0.15, -0.1) is 0 Å². The van der Waals surface area contributed by atoms with E-state index < -0.39 is 12.0 Å². The molecule has 206 valence electrons. The van der Waals surface area contributed by atoms with E-state index in [1.54, 1.807) is 12.1 Å². The second kappa shape index (κ2) is 11.5. The molecule has 2 N–H and O–H groups in total. The number of halogens is 1. The molecule has 1 amide bonds. The number of aromatic carboxylic acids is 1. The highest BCUT2D eigenvalue weighted by molar-refractivity contribution is 5.94. The molecule has 2 aliphatic carbocycles. The van der Waals surface area contributed by atoms with Crippen molar-refractivity contribution >= 4 is 28.7 Å². The number of hydrogen-bond acceptors (Lipinski definition) is 4. The minimum Gasteiger partial charge on any atom is -0.477 e. The third-order valence-corrected chi connectivity index (χ3v) is 9.60. The normalized spacial score (nSPS) is 27.5. The van der Waals surface area contributed by atoms with Gasteiger partial charge in [-0.2, -0.15) is 0 Å². The molecule has 2 aromatic heterocycles. The minimum absolute atomic E-state index is 0.0343. The molecule has 0 spiro atoms. The van der Waals surface area contributed by atoms with Crippen LogP contribution in [0.15, 0.2) is 18.2 Å². The standard InChI is InChI=1S/C30H40FN3O4/c1-18(17-31)19-7-9-21(10-8-19)29(36)34-14-13-23(20-5-3-2-4-6-20)28(34)27(35)15-22-11-12-24-25(32-22)16-26(33-24)30(37)38/h11-12,16,18-21,23,28,33H,2-10,13-15,17H2,1H3,(H,37,38)/t18-,19?,21?,23+,28+/m1/s1. The van der Waals surface area contributed by atoms with E-state index in [2.05, 4.69) is 9.97 Å². The number of aromatic nitrogens is 2. The van der Waals surface area contributed by atoms with Gasteiger partial charge < -0.3 is 15.0 Å². The minimum atomic E-state index is -1.05. The molecule has 5 rings (SSSR count). The number of Topliss-reactive ketones (excluding diaryl/α,β-unsaturated/α-hetero) is 1. The maximum Gasteiger partial charge on any atom is 0.352 e. The summed E-state index contributed by atoms with van der Waals surface area (Å²) in [5.74, 6) is 0.0381. The van der Waals surface area contributed by atoms with Crippen LogP contribution in [0.1, 0.15) is 87.3 Å². The number of ketones is 1. The van der Waals surface area contributed by atoms with Crippen LogP contribution in [0.3, 0.4) is 0 Å². The number of fused-ring (bicyclic) bond motifs is 1. The maximum absolute atomic E-state index is 13.9. The first-order valence-corrected chi connectivity index (χ1v) is 14.5. The van der Waals surface area contributed by atoms with Gasteiger partial charge in [0.25, 0.3) is 0 Å². The molecule has 3 heterocycles. The number of carbonyl (C=O) groups is 3. The lowest BCUT2D eigenvalue weighted by molar-refractivity contribution is -0.143. The molecular weight excluding hydrogens is 485 g/mol. The largest absolute Gasteiger partial charge is 0.477 e. The fourth-order valence-electron chi connectivity index (χ4n) is 7.38. The molecule has 1 aliphatic heterocycles. The highest BCUT2D eigenvalue weighted by Crippen LogP contribution is 2.42. The second-order valence-electron chi connectivity index (χ2n) is 11.9. The lowest BCUT2D eigenvalue weighted by Crippen LogP contribution is -2.48. The van der Waals surface area contributed by atoms with Gasteiger partial charge >= 0.3 is 5.97 Å². The zero-order chi connectivity index (χ0) is 26.8. The van der Waals surface area contributed by atoms with Crippen molar-refractivity contribution in [3.05, 3.63) is 29.6 Å². The summed E-state index contributed by atoms with van der Waals surface area (Å²) in [6.07, 6.45) is 10.1. The SMILES string of the molecule is C[C@H](CF)C1CCC(C(=O)N2CC[C@@H](C3CCCCC3)[C@H]2C(=O)Cc2ccc3[nH]c(C(=O)O)cc3n2)CC1. The molecule has 3 fully saturated rings. The van der Waals surface area contributed by atoms with Gasteiger partial charge in [-0.1, -0.05) is 39.0 Å². The summed E-state index contributed by atoms with van der Waals surface area (Å²) in [5.41, 5.74) is 1.81. The van der Waals surface area contributed by atoms with Crippen molar-refractivity contribution < 1.29 is 23.9 Å². The van der Waals surface area contributed by atoms with Crippen molar-refractivity contribution in [2.45, 2.75) is 83.6 Å². The van der Waals surface area contributed by atoms with Crippen LogP contribution in [0, 0.1) is 29.6 Å². The van der Waals surface area contributed by atoms with E-state index in [9.17, 15) is 23.9 Å². The Morgan fingerprint density at radius 2 is 1.82 bits per heavy atom. The number of H-pyrrole nitrogens is 1. The molecule has 38 heavy (non-hydrogen) atoms. The van der Waals surface area contributed by atoms with Crippen molar-refractivity contribution in [3.63, 3.8) is 0 Å². The van der Waals surface area contributed by atoms with E-state index in [0.717, 1.165) is 44.9 Å². The predicted molar refractivity (Wildman–Crippen MR) is 143 cm³/mol. The van der Waals surface area contributed by atoms with E-state index >= 15 is 0 Å². The average Bonchev–Trinajstić information content (AvgIpc) is 3.58. The summed E-state index contributed by atoms with van der Waals surface area (Å²) in [7, 11) is 0. The number of likely N-dealkylation sites (tertiary alicyclic amines) is 1. The van der Waals surface area contributed by atoms with Gasteiger partial charge in [0.05, 0.1) is 30.2 Å². The molecule has 2 saturated carbocycles. The first-order valence-electron chi connectivity index (χ1n) is 14.5. The van der Waals surface area contributed by atoms with Crippen molar-refractivity contribution in [2.24, 2.45) is 29.6 Å². The number of carboxylic acid groups (broad SMARTS) is 1. The van der Waals surface area contributed by atoms with Crippen LogP contribution >= 0.6 is 0 Å². The van der Waals surface area contributed by atoms with Gasteiger partial charge in [0.1, 0.15) is 5.69 Å². The number of rotatable bonds is 8. The summed E-state index contributed by atoms with van der Waals surface area (Å²) in [6.45, 7) is 2.27. The van der Waals surface area contributed by atoms with Crippen LogP contribution in [0.5, 0.6) is 0 Å². The molecular formula is C30H40FN3O4. The van der Waals surface area contributed by atoms with E-state index in [4.69, 9.17) is 0 Å². The molecule has 0 bridgehead atoms. The molecule has 8 heteroatoms. The lowest BCUT2D eigenvalue weighted by Gasteiger charge is -2.37. The first-order chi connectivity index (χ1) is 18.4. The Bertz CT molecular complexity index is 1170. The highest BCUT2D eigenvalue weighted by atomic mass is 19.1. The number of alkyl halides is 1. The molecule has 1 saturated heterocycles. The molecule has 0 unspecified atom stereocenters. The fraction of sp³-hybridized carbons (Fsp3) is 0.667. The van der Waals surface area contributed by atoms with Crippen LogP contribution in [-0.4, -0.2) is 56.9 Å². The van der Waals surface area contributed by atoms with E-state index in [0.29, 0.717) is 35.1 Å². The number of pyridine rings is 1. The van der Waals surface area contributed by atoms with Crippen LogP contribution in [0.4, 0.5) is 4.39 Å². The van der Waals surface area contributed by atoms with Gasteiger partial charge in [-0.25, -0.2) is 4.79 Å². The Morgan fingerprint density at radius 1 is 1.08 bits per heavy atom. The van der Waals surface area contributed by atoms with Gasteiger partial charge in [0, 0.05) is 18.2 Å². The summed E-state index contributed by atoms with van der Waals surface area (Å²) in [5, 5.41) is 9.27. The predicted octanol–water partition coefficient (Wildman–Crippen LogP) is 5.58. The number of carbonyl (C=O) groups excluding carboxylic acids is 2. The smallest absolute Gasteiger partial charge is 0.352 e. The quantitative estimate of drug-likeness (QED) is 0.468. The zero-order valence-electron chi connectivity index (χ0n) is 22.3. The number of hydrogen-bond donors (Lipinski definition) is 2. The molecule has 2 aromatic rings. The van der Waals surface area contributed by atoms with Crippen molar-refractivity contribution in [3.8, 4) is 0 Å². The van der Waals surface area contributed by atoms with Crippen molar-refractivity contribution in [2.75, 3.05) is 13.2 Å². The van der Waals surface area contributed by atoms with Crippen molar-refractivity contribution in [1.82, 2.24) is 14.9 Å². The number of nitrogens with one attached hydrogen (secondary N) is 1. The number of nitrogens with zero attached hydrogens (tertiary/aromatic N) is 2. The van der Waals surface area contributed by atoms with E-state index in [-0.39, 0.29) is 48.2 Å². The molecule has 7 nitrogen and oxygen atoms in total. The topological polar surface area (TPSA) is 103 Å². The summed E-state index contributed by atoms with van der Waals surface area (Å²) >= 11 is 0. The first kappa shape index (κ1) is 26.8. The Balaban J connectivity index is 1.34. The van der Waals surface area contributed by atoms with Crippen molar-refractivity contribution in [1.29, 1.82) is 0 Å². The Morgan fingerprint density at radius 3 is 2.50 bits per heavy atom. The monoisotopic (exact) mass is 525 g/mol. The zero-order valence-corrected chi connectivity index (χ0v) is 22.3. The number of carboxylic acids is 1. The van der Waals surface area contributed by atoms with Crippen LogP contribution in [-0.2, 0) is 16.0 Å². The third-order valence-electron chi connectivity index (χ3n) is 9.60. The van der Waals surface area contributed by atoms with Gasteiger partial charge in [0.2, 0.25) is 5.91 Å².